The Bertz CT molecular complexity index is 332. The molecular weight excluding hydrogens is 193 g/mol. The van der Waals surface area contributed by atoms with Crippen LogP contribution in [0.4, 0.5) is 13.2 Å². The van der Waals surface area contributed by atoms with E-state index in [0.29, 0.717) is 0 Å². The molecule has 4 heteroatoms. The highest BCUT2D eigenvalue weighted by molar-refractivity contribution is 5.28. The number of alkyl halides is 3. The van der Waals surface area contributed by atoms with Crippen LogP contribution in [0.15, 0.2) is 24.3 Å². The molecule has 0 aliphatic carbocycles. The molecule has 1 atom stereocenters. The maximum absolute atomic E-state index is 12.3. The predicted molar refractivity (Wildman–Crippen MR) is 44.8 cm³/mol. The molecule has 0 N–H and O–H groups in total. The Morgan fingerprint density at radius 2 is 1.79 bits per heavy atom. The van der Waals surface area contributed by atoms with Crippen molar-refractivity contribution in [2.45, 2.75) is 25.3 Å². The van der Waals surface area contributed by atoms with Crippen LogP contribution in [0.25, 0.3) is 0 Å². The van der Waals surface area contributed by atoms with Gasteiger partial charge >= 0.3 is 6.18 Å². The van der Waals surface area contributed by atoms with Crippen LogP contribution in [0.5, 0.6) is 0 Å². The molecule has 0 aromatic heterocycles. The highest BCUT2D eigenvalue weighted by Crippen LogP contribution is 2.31. The maximum Gasteiger partial charge on any atom is 0.414 e. The van der Waals surface area contributed by atoms with Crippen LogP contribution in [0, 0.1) is 0 Å². The Hall–Kier alpha value is -1.03. The van der Waals surface area contributed by atoms with Crippen molar-refractivity contribution in [3.05, 3.63) is 35.4 Å². The summed E-state index contributed by atoms with van der Waals surface area (Å²) in [6.07, 6.45) is -5.97. The van der Waals surface area contributed by atoms with E-state index >= 15 is 0 Å². The van der Waals surface area contributed by atoms with Crippen LogP contribution >= 0.6 is 0 Å². The molecule has 76 valence electrons. The Morgan fingerprint density at radius 1 is 1.14 bits per heavy atom. The molecular formula is C10H9F3O. The summed E-state index contributed by atoms with van der Waals surface area (Å²) in [7, 11) is 0. The van der Waals surface area contributed by atoms with Crippen molar-refractivity contribution in [3.8, 4) is 0 Å². The fourth-order valence-electron chi connectivity index (χ4n) is 1.56. The Labute approximate surface area is 79.5 Å². The molecule has 1 heterocycles. The summed E-state index contributed by atoms with van der Waals surface area (Å²) < 4.78 is 41.7. The Morgan fingerprint density at radius 3 is 2.43 bits per heavy atom. The second-order valence-electron chi connectivity index (χ2n) is 3.31. The Balaban J connectivity index is 2.22. The third-order valence-corrected chi connectivity index (χ3v) is 2.33. The van der Waals surface area contributed by atoms with Crippen molar-refractivity contribution in [1.82, 2.24) is 0 Å². The van der Waals surface area contributed by atoms with Gasteiger partial charge in [0.25, 0.3) is 0 Å². The molecule has 1 aliphatic heterocycles. The summed E-state index contributed by atoms with van der Waals surface area (Å²) in [4.78, 5) is 0. The van der Waals surface area contributed by atoms with Gasteiger partial charge in [0.1, 0.15) is 0 Å². The van der Waals surface area contributed by atoms with Crippen molar-refractivity contribution in [3.63, 3.8) is 0 Å². The van der Waals surface area contributed by atoms with Crippen LogP contribution in [0.3, 0.4) is 0 Å². The van der Waals surface area contributed by atoms with Gasteiger partial charge in [0.05, 0.1) is 6.61 Å². The van der Waals surface area contributed by atoms with Crippen molar-refractivity contribution in [1.29, 1.82) is 0 Å². The minimum absolute atomic E-state index is 0.0559. The van der Waals surface area contributed by atoms with E-state index in [4.69, 9.17) is 4.74 Å². The molecule has 14 heavy (non-hydrogen) atoms. The summed E-state index contributed by atoms with van der Waals surface area (Å²) in [5, 5.41) is 0. The standard InChI is InChI=1S/C10H9F3O/c11-10(12,13)9-5-7-3-1-2-4-8(7)6-14-9/h1-4,9H,5-6H2. The second kappa shape index (κ2) is 3.28. The van der Waals surface area contributed by atoms with E-state index < -0.39 is 12.3 Å². The fraction of sp³-hybridized carbons (Fsp3) is 0.400. The van der Waals surface area contributed by atoms with Gasteiger partial charge in [0.2, 0.25) is 0 Å². The van der Waals surface area contributed by atoms with E-state index in [2.05, 4.69) is 0 Å². The minimum atomic E-state index is -4.26. The fourth-order valence-corrected chi connectivity index (χ4v) is 1.56. The highest BCUT2D eigenvalue weighted by atomic mass is 19.4. The third kappa shape index (κ3) is 1.75. The van der Waals surface area contributed by atoms with Crippen LogP contribution < -0.4 is 0 Å². The van der Waals surface area contributed by atoms with E-state index in [-0.39, 0.29) is 13.0 Å². The second-order valence-corrected chi connectivity index (χ2v) is 3.31. The molecule has 0 amide bonds. The molecule has 1 aromatic carbocycles. The number of hydrogen-bond donors (Lipinski definition) is 0. The van der Waals surface area contributed by atoms with Gasteiger partial charge in [-0.05, 0) is 11.1 Å². The molecule has 0 bridgehead atoms. The van der Waals surface area contributed by atoms with Crippen molar-refractivity contribution in [2.24, 2.45) is 0 Å². The van der Waals surface area contributed by atoms with E-state index in [1.807, 2.05) is 0 Å². The quantitative estimate of drug-likeness (QED) is 0.628. The summed E-state index contributed by atoms with van der Waals surface area (Å²) in [5.74, 6) is 0. The van der Waals surface area contributed by atoms with Gasteiger partial charge in [-0.2, -0.15) is 13.2 Å². The van der Waals surface area contributed by atoms with Crippen molar-refractivity contribution < 1.29 is 17.9 Å². The topological polar surface area (TPSA) is 9.23 Å². The lowest BCUT2D eigenvalue weighted by Crippen LogP contribution is -2.36. The van der Waals surface area contributed by atoms with Crippen LogP contribution in [0.2, 0.25) is 0 Å². The van der Waals surface area contributed by atoms with Crippen LogP contribution in [-0.2, 0) is 17.8 Å². The predicted octanol–water partition coefficient (Wildman–Crippen LogP) is 2.69. The summed E-state index contributed by atoms with van der Waals surface area (Å²) >= 11 is 0. The first-order chi connectivity index (χ1) is 6.57. The largest absolute Gasteiger partial charge is 0.414 e. The summed E-state index contributed by atoms with van der Waals surface area (Å²) in [6, 6.07) is 7.06. The lowest BCUT2D eigenvalue weighted by molar-refractivity contribution is -0.226. The Kier molecular flexibility index (Phi) is 2.23. The number of benzene rings is 1. The molecule has 0 fully saturated rings. The van der Waals surface area contributed by atoms with E-state index in [1.165, 1.54) is 0 Å². The monoisotopic (exact) mass is 202 g/mol. The van der Waals surface area contributed by atoms with E-state index in [9.17, 15) is 13.2 Å². The zero-order chi connectivity index (χ0) is 10.2. The lowest BCUT2D eigenvalue weighted by atomic mass is 9.99. The van der Waals surface area contributed by atoms with Gasteiger partial charge in [-0.3, -0.25) is 0 Å². The number of rotatable bonds is 0. The maximum atomic E-state index is 12.3. The smallest absolute Gasteiger partial charge is 0.364 e. The SMILES string of the molecule is FC(F)(F)C1Cc2ccccc2CO1. The summed E-state index contributed by atoms with van der Waals surface area (Å²) in [6.45, 7) is 0.0559. The molecule has 1 aliphatic rings. The zero-order valence-electron chi connectivity index (χ0n) is 7.34. The number of fused-ring (bicyclic) bond motifs is 1. The zero-order valence-corrected chi connectivity index (χ0v) is 7.34. The van der Waals surface area contributed by atoms with Crippen molar-refractivity contribution in [2.75, 3.05) is 0 Å². The number of halogens is 3. The minimum Gasteiger partial charge on any atom is -0.364 e. The number of ether oxygens (including phenoxy) is 1. The first kappa shape index (κ1) is 9.52. The van der Waals surface area contributed by atoms with Gasteiger partial charge in [0.15, 0.2) is 6.10 Å². The van der Waals surface area contributed by atoms with Gasteiger partial charge in [0, 0.05) is 6.42 Å². The van der Waals surface area contributed by atoms with E-state index in [1.54, 1.807) is 24.3 Å². The normalized spacial score (nSPS) is 21.8. The van der Waals surface area contributed by atoms with E-state index in [0.717, 1.165) is 11.1 Å². The van der Waals surface area contributed by atoms with Crippen molar-refractivity contribution >= 4 is 0 Å². The average Bonchev–Trinajstić information content (AvgIpc) is 2.16. The molecule has 2 rings (SSSR count). The van der Waals surface area contributed by atoms with Gasteiger partial charge in [-0.1, -0.05) is 24.3 Å². The lowest BCUT2D eigenvalue weighted by Gasteiger charge is -2.26. The molecule has 0 spiro atoms. The average molecular weight is 202 g/mol. The van der Waals surface area contributed by atoms with Crippen LogP contribution in [-0.4, -0.2) is 12.3 Å². The molecule has 1 aromatic rings. The molecule has 0 radical (unpaired) electrons. The molecule has 0 saturated heterocycles. The molecule has 0 saturated carbocycles. The summed E-state index contributed by atoms with van der Waals surface area (Å²) in [5.41, 5.74) is 1.59. The van der Waals surface area contributed by atoms with Crippen LogP contribution in [0.1, 0.15) is 11.1 Å². The first-order valence-electron chi connectivity index (χ1n) is 4.32. The van der Waals surface area contributed by atoms with Gasteiger partial charge in [-0.25, -0.2) is 0 Å². The molecule has 1 unspecified atom stereocenters. The first-order valence-corrected chi connectivity index (χ1v) is 4.32. The van der Waals surface area contributed by atoms with Gasteiger partial charge in [-0.15, -0.1) is 0 Å². The van der Waals surface area contributed by atoms with Gasteiger partial charge < -0.3 is 4.74 Å². The number of hydrogen-bond acceptors (Lipinski definition) is 1. The highest BCUT2D eigenvalue weighted by Gasteiger charge is 2.42. The molecule has 1 nitrogen and oxygen atoms in total. The third-order valence-electron chi connectivity index (χ3n) is 2.33.